The maximum atomic E-state index is 10.9. The second kappa shape index (κ2) is 8.86. The van der Waals surface area contributed by atoms with Gasteiger partial charge in [0.2, 0.25) is 0 Å². The smallest absolute Gasteiger partial charge is 0.320 e. The summed E-state index contributed by atoms with van der Waals surface area (Å²) in [7, 11) is 0. The zero-order chi connectivity index (χ0) is 17.7. The second-order valence-electron chi connectivity index (χ2n) is 5.31. The summed E-state index contributed by atoms with van der Waals surface area (Å²) in [5, 5.41) is 18.4. The number of ether oxygens (including phenoxy) is 1. The number of carbonyl (C=O) groups is 1. The van der Waals surface area contributed by atoms with Gasteiger partial charge in [0.15, 0.2) is 0 Å². The Morgan fingerprint density at radius 3 is 2.42 bits per heavy atom. The van der Waals surface area contributed by atoms with Gasteiger partial charge in [-0.1, -0.05) is 12.1 Å². The van der Waals surface area contributed by atoms with Gasteiger partial charge < -0.3 is 20.7 Å². The predicted molar refractivity (Wildman–Crippen MR) is 108 cm³/mol. The van der Waals surface area contributed by atoms with Crippen LogP contribution in [0.15, 0.2) is 36.4 Å². The molecular weight excluding hydrogens is 536 g/mol. The van der Waals surface area contributed by atoms with Crippen molar-refractivity contribution in [3.63, 3.8) is 0 Å². The molecule has 0 spiro atoms. The monoisotopic (exact) mass is 553 g/mol. The molecule has 0 aliphatic heterocycles. The van der Waals surface area contributed by atoms with E-state index in [9.17, 15) is 9.90 Å². The molecule has 4 N–H and O–H groups in total. The van der Waals surface area contributed by atoms with Crippen molar-refractivity contribution in [2.24, 2.45) is 5.73 Å². The molecule has 0 heterocycles. The molecule has 0 radical (unpaired) electrons. The Morgan fingerprint density at radius 1 is 1.17 bits per heavy atom. The number of rotatable bonds is 7. The number of nitrogens with two attached hydrogens (primary N) is 1. The van der Waals surface area contributed by atoms with Gasteiger partial charge in [-0.2, -0.15) is 0 Å². The molecule has 0 aliphatic carbocycles. The number of aliphatic carboxylic acids is 1. The van der Waals surface area contributed by atoms with Gasteiger partial charge in [-0.3, -0.25) is 4.79 Å². The van der Waals surface area contributed by atoms with E-state index in [4.69, 9.17) is 15.6 Å². The van der Waals surface area contributed by atoms with Crippen LogP contribution in [0.1, 0.15) is 11.1 Å². The van der Waals surface area contributed by atoms with E-state index < -0.39 is 12.0 Å². The van der Waals surface area contributed by atoms with Gasteiger partial charge >= 0.3 is 5.97 Å². The summed E-state index contributed by atoms with van der Waals surface area (Å²) < 4.78 is 7.71. The molecule has 2 rings (SSSR count). The molecule has 2 aromatic carbocycles. The molecule has 0 unspecified atom stereocenters. The molecule has 1 atom stereocenters. The van der Waals surface area contributed by atoms with E-state index in [2.05, 4.69) is 45.2 Å². The van der Waals surface area contributed by atoms with Gasteiger partial charge in [0.1, 0.15) is 17.5 Å². The van der Waals surface area contributed by atoms with Crippen molar-refractivity contribution in [3.8, 4) is 11.5 Å². The van der Waals surface area contributed by atoms with Gasteiger partial charge in [0.25, 0.3) is 0 Å². The lowest BCUT2D eigenvalue weighted by Gasteiger charge is -2.13. The minimum Gasteiger partial charge on any atom is -0.508 e. The third-order valence-corrected chi connectivity index (χ3v) is 4.98. The number of carboxylic acids is 1. The molecule has 0 saturated carbocycles. The van der Waals surface area contributed by atoms with E-state index in [-0.39, 0.29) is 12.2 Å². The number of carboxylic acid groups (broad SMARTS) is 1. The van der Waals surface area contributed by atoms with Crippen LogP contribution in [0.2, 0.25) is 0 Å². The molecule has 2 aromatic rings. The summed E-state index contributed by atoms with van der Waals surface area (Å²) in [5.41, 5.74) is 7.47. The van der Waals surface area contributed by atoms with Gasteiger partial charge in [-0.15, -0.1) is 0 Å². The van der Waals surface area contributed by atoms with Crippen LogP contribution in [0.4, 0.5) is 0 Å². The number of hydrogen-bond donors (Lipinski definition) is 3. The van der Waals surface area contributed by atoms with Crippen LogP contribution in [0, 0.1) is 7.14 Å². The van der Waals surface area contributed by atoms with Gasteiger partial charge in [-0.05, 0) is 87.0 Å². The van der Waals surface area contributed by atoms with Crippen LogP contribution in [-0.4, -0.2) is 28.8 Å². The highest BCUT2D eigenvalue weighted by molar-refractivity contribution is 14.1. The van der Waals surface area contributed by atoms with Crippen molar-refractivity contribution >= 4 is 51.2 Å². The number of phenolic OH excluding ortho intramolecular Hbond substituents is 1. The van der Waals surface area contributed by atoms with Crippen molar-refractivity contribution in [2.75, 3.05) is 6.61 Å². The largest absolute Gasteiger partial charge is 0.508 e. The molecule has 0 bridgehead atoms. The highest BCUT2D eigenvalue weighted by Crippen LogP contribution is 2.29. The van der Waals surface area contributed by atoms with Crippen molar-refractivity contribution in [1.29, 1.82) is 0 Å². The Kier molecular flexibility index (Phi) is 7.11. The fraction of sp³-hybridized carbons (Fsp3) is 0.235. The summed E-state index contributed by atoms with van der Waals surface area (Å²) in [4.78, 5) is 10.9. The third-order valence-electron chi connectivity index (χ3n) is 3.38. The first kappa shape index (κ1) is 19.3. The van der Waals surface area contributed by atoms with Crippen LogP contribution in [0.3, 0.4) is 0 Å². The Balaban J connectivity index is 2.01. The number of aromatic hydroxyl groups is 1. The fourth-order valence-corrected chi connectivity index (χ4v) is 4.40. The fourth-order valence-electron chi connectivity index (χ4n) is 2.19. The van der Waals surface area contributed by atoms with Crippen molar-refractivity contribution < 1.29 is 19.7 Å². The van der Waals surface area contributed by atoms with Gasteiger partial charge in [0, 0.05) is 6.42 Å². The SMILES string of the molecule is N[C@H](Cc1cc(I)c(OCCc2cccc(O)c2)c(I)c1)C(=O)O. The lowest BCUT2D eigenvalue weighted by Crippen LogP contribution is -2.32. The minimum atomic E-state index is -1.01. The Morgan fingerprint density at radius 2 is 1.83 bits per heavy atom. The predicted octanol–water partition coefficient (Wildman–Crippen LogP) is 3.18. The van der Waals surface area contributed by atoms with Crippen LogP contribution in [0.5, 0.6) is 11.5 Å². The average Bonchev–Trinajstić information content (AvgIpc) is 2.50. The zero-order valence-corrected chi connectivity index (χ0v) is 17.0. The summed E-state index contributed by atoms with van der Waals surface area (Å²) in [6.07, 6.45) is 0.969. The van der Waals surface area contributed by atoms with Crippen molar-refractivity contribution in [3.05, 3.63) is 54.7 Å². The molecule has 0 aliphatic rings. The maximum absolute atomic E-state index is 10.9. The Bertz CT molecular complexity index is 713. The highest BCUT2D eigenvalue weighted by atomic mass is 127. The van der Waals surface area contributed by atoms with E-state index in [0.29, 0.717) is 13.0 Å². The van der Waals surface area contributed by atoms with E-state index >= 15 is 0 Å². The Hall–Kier alpha value is -1.07. The minimum absolute atomic E-state index is 0.246. The molecule has 128 valence electrons. The maximum Gasteiger partial charge on any atom is 0.320 e. The number of phenols is 1. The van der Waals surface area contributed by atoms with Crippen LogP contribution in [-0.2, 0) is 17.6 Å². The molecule has 0 saturated heterocycles. The molecule has 0 aromatic heterocycles. The first-order valence-electron chi connectivity index (χ1n) is 7.24. The number of halogens is 2. The lowest BCUT2D eigenvalue weighted by molar-refractivity contribution is -0.138. The van der Waals surface area contributed by atoms with Gasteiger partial charge in [0.05, 0.1) is 13.7 Å². The van der Waals surface area contributed by atoms with E-state index in [1.54, 1.807) is 18.2 Å². The zero-order valence-electron chi connectivity index (χ0n) is 12.7. The van der Waals surface area contributed by atoms with Crippen LogP contribution in [0.25, 0.3) is 0 Å². The quantitative estimate of drug-likeness (QED) is 0.459. The molecule has 5 nitrogen and oxygen atoms in total. The third kappa shape index (κ3) is 5.49. The van der Waals surface area contributed by atoms with Crippen molar-refractivity contribution in [1.82, 2.24) is 0 Å². The molecule has 0 amide bonds. The first-order chi connectivity index (χ1) is 11.4. The van der Waals surface area contributed by atoms with E-state index in [1.807, 2.05) is 18.2 Å². The average molecular weight is 553 g/mol. The second-order valence-corrected chi connectivity index (χ2v) is 7.63. The molecule has 0 fully saturated rings. The Labute approximate surface area is 167 Å². The molecule has 7 heteroatoms. The summed E-state index contributed by atoms with van der Waals surface area (Å²) >= 11 is 4.35. The highest BCUT2D eigenvalue weighted by Gasteiger charge is 2.15. The van der Waals surface area contributed by atoms with E-state index in [1.165, 1.54) is 0 Å². The van der Waals surface area contributed by atoms with Crippen LogP contribution >= 0.6 is 45.2 Å². The standard InChI is InChI=1S/C17H17I2NO4/c18-13-7-11(9-15(20)17(22)23)8-14(19)16(13)24-5-4-10-2-1-3-12(21)6-10/h1-3,6-8,15,21H,4-5,9,20H2,(H,22,23)/t15-/m1/s1. The number of hydrogen-bond acceptors (Lipinski definition) is 4. The summed E-state index contributed by atoms with van der Waals surface area (Å²) in [6, 6.07) is 9.99. The summed E-state index contributed by atoms with van der Waals surface area (Å²) in [5.74, 6) is 0.0197. The topological polar surface area (TPSA) is 92.8 Å². The number of benzene rings is 2. The van der Waals surface area contributed by atoms with Crippen LogP contribution < -0.4 is 10.5 Å². The van der Waals surface area contributed by atoms with E-state index in [0.717, 1.165) is 24.0 Å². The summed E-state index contributed by atoms with van der Waals surface area (Å²) in [6.45, 7) is 0.490. The lowest BCUT2D eigenvalue weighted by atomic mass is 10.1. The molecule has 24 heavy (non-hydrogen) atoms. The molecular formula is C17H17I2NO4. The normalized spacial score (nSPS) is 12.0. The first-order valence-corrected chi connectivity index (χ1v) is 9.39. The van der Waals surface area contributed by atoms with Gasteiger partial charge in [-0.25, -0.2) is 0 Å². The van der Waals surface area contributed by atoms with Crippen molar-refractivity contribution in [2.45, 2.75) is 18.9 Å².